The van der Waals surface area contributed by atoms with Gasteiger partial charge in [-0.3, -0.25) is 9.69 Å². The molecular formula is C23H30N2O3. The number of piperidine rings is 1. The van der Waals surface area contributed by atoms with Gasteiger partial charge in [-0.15, -0.1) is 0 Å². The molecule has 2 aromatic carbocycles. The van der Waals surface area contributed by atoms with E-state index in [0.717, 1.165) is 44.0 Å². The van der Waals surface area contributed by atoms with Crippen LogP contribution >= 0.6 is 0 Å². The Labute approximate surface area is 167 Å². The Morgan fingerprint density at radius 2 is 1.71 bits per heavy atom. The van der Waals surface area contributed by atoms with Gasteiger partial charge in [0.25, 0.3) is 0 Å². The molecule has 2 aromatic rings. The van der Waals surface area contributed by atoms with Gasteiger partial charge in [0.1, 0.15) is 18.1 Å². The molecule has 0 saturated carbocycles. The molecule has 0 aromatic heterocycles. The smallest absolute Gasteiger partial charge is 0.223 e. The summed E-state index contributed by atoms with van der Waals surface area (Å²) in [5, 5.41) is 3.10. The molecule has 3 rings (SSSR count). The van der Waals surface area contributed by atoms with Crippen molar-refractivity contribution in [2.45, 2.75) is 32.4 Å². The molecule has 0 unspecified atom stereocenters. The summed E-state index contributed by atoms with van der Waals surface area (Å²) in [4.78, 5) is 15.0. The van der Waals surface area contributed by atoms with E-state index in [1.165, 1.54) is 5.56 Å². The Morgan fingerprint density at radius 3 is 2.36 bits per heavy atom. The van der Waals surface area contributed by atoms with E-state index in [-0.39, 0.29) is 17.9 Å². The van der Waals surface area contributed by atoms with Gasteiger partial charge in [0.15, 0.2) is 0 Å². The number of nitrogens with zero attached hydrogens (tertiary/aromatic N) is 1. The Hall–Kier alpha value is -2.53. The highest BCUT2D eigenvalue weighted by Gasteiger charge is 2.25. The van der Waals surface area contributed by atoms with E-state index in [1.807, 2.05) is 37.3 Å². The first kappa shape index (κ1) is 20.2. The number of benzene rings is 2. The topological polar surface area (TPSA) is 50.8 Å². The van der Waals surface area contributed by atoms with Gasteiger partial charge in [-0.1, -0.05) is 30.3 Å². The van der Waals surface area contributed by atoms with Crippen molar-refractivity contribution in [1.29, 1.82) is 0 Å². The molecule has 150 valence electrons. The van der Waals surface area contributed by atoms with E-state index in [9.17, 15) is 4.79 Å². The number of likely N-dealkylation sites (tertiary alicyclic amines) is 1. The number of carbonyl (C=O) groups excluding carboxylic acids is 1. The summed E-state index contributed by atoms with van der Waals surface area (Å²) in [6, 6.07) is 17.9. The molecule has 1 atom stereocenters. The van der Waals surface area contributed by atoms with Crippen LogP contribution in [0.4, 0.5) is 0 Å². The fraction of sp³-hybridized carbons (Fsp3) is 0.435. The summed E-state index contributed by atoms with van der Waals surface area (Å²) in [5.41, 5.74) is 1.33. The molecule has 5 nitrogen and oxygen atoms in total. The molecule has 5 heteroatoms. The van der Waals surface area contributed by atoms with Crippen molar-refractivity contribution in [2.24, 2.45) is 5.92 Å². The minimum atomic E-state index is -0.0306. The molecule has 1 amide bonds. The Kier molecular flexibility index (Phi) is 7.31. The molecule has 1 aliphatic heterocycles. The van der Waals surface area contributed by atoms with Crippen LogP contribution in [0.1, 0.15) is 25.3 Å². The third kappa shape index (κ3) is 5.99. The second-order valence-corrected chi connectivity index (χ2v) is 7.43. The van der Waals surface area contributed by atoms with Crippen molar-refractivity contribution in [3.8, 4) is 11.5 Å². The summed E-state index contributed by atoms with van der Waals surface area (Å²) in [6.07, 6.45) is 1.81. The lowest BCUT2D eigenvalue weighted by Gasteiger charge is -2.31. The minimum Gasteiger partial charge on any atom is -0.497 e. The van der Waals surface area contributed by atoms with Crippen LogP contribution < -0.4 is 14.8 Å². The number of amides is 1. The van der Waals surface area contributed by atoms with Crippen LogP contribution in [0.5, 0.6) is 11.5 Å². The molecule has 1 N–H and O–H groups in total. The summed E-state index contributed by atoms with van der Waals surface area (Å²) >= 11 is 0. The number of methoxy groups -OCH3 is 1. The molecule has 1 saturated heterocycles. The highest BCUT2D eigenvalue weighted by Crippen LogP contribution is 2.20. The van der Waals surface area contributed by atoms with Gasteiger partial charge in [0.05, 0.1) is 13.2 Å². The standard InChI is InChI=1S/C23H30N2O3/c1-18(17-28-22-10-8-21(27-2)9-11-22)24-23(26)20-12-14-25(15-13-20)16-19-6-4-3-5-7-19/h3-11,18,20H,12-17H2,1-2H3,(H,24,26)/t18-/m1/s1. The Bertz CT molecular complexity index is 725. The second-order valence-electron chi connectivity index (χ2n) is 7.43. The zero-order chi connectivity index (χ0) is 19.8. The first-order valence-electron chi connectivity index (χ1n) is 9.97. The third-order valence-electron chi connectivity index (χ3n) is 5.16. The number of hydrogen-bond donors (Lipinski definition) is 1. The highest BCUT2D eigenvalue weighted by atomic mass is 16.5. The van der Waals surface area contributed by atoms with E-state index in [1.54, 1.807) is 7.11 Å². The zero-order valence-corrected chi connectivity index (χ0v) is 16.8. The average molecular weight is 383 g/mol. The van der Waals surface area contributed by atoms with Gasteiger partial charge in [-0.2, -0.15) is 0 Å². The maximum Gasteiger partial charge on any atom is 0.223 e. The van der Waals surface area contributed by atoms with Crippen LogP contribution in [0.3, 0.4) is 0 Å². The van der Waals surface area contributed by atoms with Crippen LogP contribution in [-0.4, -0.2) is 43.7 Å². The summed E-state index contributed by atoms with van der Waals surface area (Å²) in [5.74, 6) is 1.81. The number of ether oxygens (including phenoxy) is 2. The second kappa shape index (κ2) is 10.1. The van der Waals surface area contributed by atoms with Gasteiger partial charge < -0.3 is 14.8 Å². The molecule has 1 fully saturated rings. The van der Waals surface area contributed by atoms with Gasteiger partial charge in [-0.05, 0) is 62.7 Å². The van der Waals surface area contributed by atoms with Crippen LogP contribution in [0.25, 0.3) is 0 Å². The van der Waals surface area contributed by atoms with E-state index in [2.05, 4.69) is 34.5 Å². The Morgan fingerprint density at radius 1 is 1.07 bits per heavy atom. The summed E-state index contributed by atoms with van der Waals surface area (Å²) in [7, 11) is 1.64. The number of rotatable bonds is 8. The average Bonchev–Trinajstić information content (AvgIpc) is 2.74. The van der Waals surface area contributed by atoms with Gasteiger partial charge in [0, 0.05) is 12.5 Å². The van der Waals surface area contributed by atoms with Crippen molar-refractivity contribution >= 4 is 5.91 Å². The van der Waals surface area contributed by atoms with Crippen molar-refractivity contribution in [2.75, 3.05) is 26.8 Å². The van der Waals surface area contributed by atoms with E-state index in [0.29, 0.717) is 6.61 Å². The molecular weight excluding hydrogens is 352 g/mol. The fourth-order valence-electron chi connectivity index (χ4n) is 3.49. The summed E-state index contributed by atoms with van der Waals surface area (Å²) in [6.45, 7) is 5.31. The lowest BCUT2D eigenvalue weighted by molar-refractivity contribution is -0.127. The third-order valence-corrected chi connectivity index (χ3v) is 5.16. The van der Waals surface area contributed by atoms with Gasteiger partial charge in [-0.25, -0.2) is 0 Å². The molecule has 0 radical (unpaired) electrons. The van der Waals surface area contributed by atoms with Crippen LogP contribution in [0, 0.1) is 5.92 Å². The number of nitrogens with one attached hydrogen (secondary N) is 1. The maximum absolute atomic E-state index is 12.6. The molecule has 28 heavy (non-hydrogen) atoms. The molecule has 1 aliphatic rings. The lowest BCUT2D eigenvalue weighted by Crippen LogP contribution is -2.44. The molecule has 0 aliphatic carbocycles. The summed E-state index contributed by atoms with van der Waals surface area (Å²) < 4.78 is 10.9. The lowest BCUT2D eigenvalue weighted by atomic mass is 9.95. The van der Waals surface area contributed by atoms with E-state index in [4.69, 9.17) is 9.47 Å². The Balaban J connectivity index is 1.37. The quantitative estimate of drug-likeness (QED) is 0.759. The van der Waals surface area contributed by atoms with Crippen molar-refractivity contribution < 1.29 is 14.3 Å². The molecule has 1 heterocycles. The van der Waals surface area contributed by atoms with Gasteiger partial charge in [0.2, 0.25) is 5.91 Å². The fourth-order valence-corrected chi connectivity index (χ4v) is 3.49. The zero-order valence-electron chi connectivity index (χ0n) is 16.8. The first-order valence-corrected chi connectivity index (χ1v) is 9.97. The SMILES string of the molecule is COc1ccc(OC[C@@H](C)NC(=O)C2CCN(Cc3ccccc3)CC2)cc1. The van der Waals surface area contributed by atoms with Crippen LogP contribution in [-0.2, 0) is 11.3 Å². The maximum atomic E-state index is 12.6. The van der Waals surface area contributed by atoms with Crippen molar-refractivity contribution in [3.63, 3.8) is 0 Å². The first-order chi connectivity index (χ1) is 13.6. The minimum absolute atomic E-state index is 0.0306. The molecule has 0 bridgehead atoms. The highest BCUT2D eigenvalue weighted by molar-refractivity contribution is 5.79. The van der Waals surface area contributed by atoms with Crippen molar-refractivity contribution in [3.05, 3.63) is 60.2 Å². The number of hydrogen-bond acceptors (Lipinski definition) is 4. The van der Waals surface area contributed by atoms with E-state index >= 15 is 0 Å². The largest absolute Gasteiger partial charge is 0.497 e. The van der Waals surface area contributed by atoms with Crippen molar-refractivity contribution in [1.82, 2.24) is 10.2 Å². The predicted octanol–water partition coefficient (Wildman–Crippen LogP) is 3.49. The number of carbonyl (C=O) groups is 1. The molecule has 0 spiro atoms. The van der Waals surface area contributed by atoms with E-state index < -0.39 is 0 Å². The normalized spacial score (nSPS) is 16.4. The van der Waals surface area contributed by atoms with Crippen LogP contribution in [0.15, 0.2) is 54.6 Å². The van der Waals surface area contributed by atoms with Gasteiger partial charge >= 0.3 is 0 Å². The van der Waals surface area contributed by atoms with Crippen LogP contribution in [0.2, 0.25) is 0 Å². The predicted molar refractivity (Wildman–Crippen MR) is 111 cm³/mol. The monoisotopic (exact) mass is 382 g/mol.